The summed E-state index contributed by atoms with van der Waals surface area (Å²) in [5, 5.41) is 173. The summed E-state index contributed by atoms with van der Waals surface area (Å²) < 4.78 is 0. The first kappa shape index (κ1) is 181. The number of nitrogens with zero attached hydrogens (tertiary/aromatic N) is 14. The molecule has 0 unspecified atom stereocenters. The molecule has 0 saturated carbocycles. The fourth-order valence-corrected chi connectivity index (χ4v) is 6.92. The van der Waals surface area contributed by atoms with Gasteiger partial charge in [0.15, 0.2) is 0 Å². The van der Waals surface area contributed by atoms with E-state index < -0.39 is 63.2 Å². The van der Waals surface area contributed by atoms with E-state index in [1.54, 1.807) is 146 Å². The topological polar surface area (TPSA) is 1270 Å². The van der Waals surface area contributed by atoms with Gasteiger partial charge in [0, 0.05) is 126 Å². The van der Waals surface area contributed by atoms with Crippen LogP contribution in [0.15, 0.2) is 293 Å². The van der Waals surface area contributed by atoms with E-state index in [0.29, 0.717) is 0 Å². The summed E-state index contributed by atoms with van der Waals surface area (Å²) in [6.07, 6.45) is 17.0. The molecule has 731 valence electrons. The molecule has 0 aliphatic rings. The van der Waals surface area contributed by atoms with Crippen LogP contribution in [0.3, 0.4) is 0 Å². The van der Waals surface area contributed by atoms with Gasteiger partial charge in [0.05, 0.1) is 56.8 Å². The average molecular weight is 2190 g/mol. The fourth-order valence-electron chi connectivity index (χ4n) is 6.92. The molecule has 62 heteroatoms. The van der Waals surface area contributed by atoms with Crippen LogP contribution in [0.4, 0.5) is 0 Å². The fraction of sp³-hybridized carbons (Fsp3) is 0.0714. The van der Waals surface area contributed by atoms with Gasteiger partial charge in [0.2, 0.25) is 0 Å². The van der Waals surface area contributed by atoms with Crippen LogP contribution < -0.4 is 66.4 Å². The van der Waals surface area contributed by atoms with Crippen LogP contribution in [0.2, 0.25) is 0 Å². The number of carboxylic acids is 5. The van der Waals surface area contributed by atoms with Crippen molar-refractivity contribution >= 4 is 29.8 Å². The number of aliphatic carboxylic acids is 1. The third-order valence-electron chi connectivity index (χ3n) is 11.5. The van der Waals surface area contributed by atoms with Gasteiger partial charge in [0.1, 0.15) is 0 Å². The average Bonchev–Trinajstić information content (AvgIpc) is 0.832. The summed E-state index contributed by atoms with van der Waals surface area (Å²) in [4.78, 5) is 110. The standard InChI is InChI=1S/4C11H8N2O2.4C6H5NO2.C2H4O2.4Cr.Dy.2NO3.19H2O/c4*14-11(15,9-5-1-3-7-12-9)10-6-2-4-8-13-10;4*8-6(9)5-3-1-2-4-7-5;1-2(3)4;;;;;;2*2-1(3)4;;;;;;;;;;;;;;;;;;;/h4*1-8H;4*1-4H,(H,8,9);1H3,(H,3,4);;;;;;;;19*1H2/q4*-2;;;;;;5*+3;2*-1;;;;;;;;;;;;;;;;;;;/p-5. The number of aromatic carboxylic acids is 4. The van der Waals surface area contributed by atoms with Crippen molar-refractivity contribution in [2.24, 2.45) is 0 Å². The van der Waals surface area contributed by atoms with Crippen LogP contribution in [0.1, 0.15) is 94.4 Å². The monoisotopic (exact) mass is 2190 g/mol. The molecule has 0 bridgehead atoms. The number of carboxylic acid groups (broad SMARTS) is 5. The van der Waals surface area contributed by atoms with E-state index in [9.17, 15) is 80.5 Å². The smallest absolute Gasteiger partial charge is 0.854 e. The van der Waals surface area contributed by atoms with Crippen LogP contribution in [0, 0.1) is 68.8 Å². The van der Waals surface area contributed by atoms with Crippen LogP contribution in [-0.4, -0.2) is 204 Å². The van der Waals surface area contributed by atoms with Gasteiger partial charge >= 0.3 is 108 Å². The zero-order valence-electron chi connectivity index (χ0n) is 66.7. The van der Waals surface area contributed by atoms with Crippen LogP contribution >= 0.6 is 0 Å². The maximum atomic E-state index is 11.8. The molecule has 0 amide bonds. The summed E-state index contributed by atoms with van der Waals surface area (Å²) >= 11 is 0. The van der Waals surface area contributed by atoms with E-state index in [-0.39, 0.29) is 280 Å². The van der Waals surface area contributed by atoms with E-state index >= 15 is 0 Å². The molecule has 0 atom stereocenters. The van der Waals surface area contributed by atoms with Crippen LogP contribution in [0.25, 0.3) is 0 Å². The van der Waals surface area contributed by atoms with Gasteiger partial charge in [-0.1, -0.05) is 72.8 Å². The minimum Gasteiger partial charge on any atom is -0.854 e. The number of carbonyl (C=O) groups excluding carboxylic acids is 5. The van der Waals surface area contributed by atoms with E-state index in [2.05, 4.69) is 59.8 Å². The second-order valence-electron chi connectivity index (χ2n) is 19.1. The number of carbonyl (C=O) groups is 5. The number of rotatable bonds is 12. The molecule has 38 N–H and O–H groups in total. The number of hydrogen-bond donors (Lipinski definition) is 0. The Morgan fingerprint density at radius 1 is 0.212 bits per heavy atom. The SMILES string of the molecule is CC(=O)[O-].O.O.O.O.O.O.O.O.O.O.O.O.O.O.O.O.O.O.O.O=C([O-])c1ccccn1.O=C([O-])c1ccccn1.O=C([O-])c1ccccn1.O=C([O-])c1ccccn1.O=[N+]([O-])[O-].O=[N+]([O-])[O-].[Cr+3].[Cr+3].[Cr+3].[Cr+3].[Dy+3].[O-]C([O-])(c1ccccn1)c1ccccn1.[O-]C([O-])(c1ccccn1)c1ccccn1.[O-]C([O-])(c1ccccn1)c1ccccn1.[O-]C([O-])(c1ccccn1)c1ccccn1. The van der Waals surface area contributed by atoms with E-state index in [4.69, 9.17) is 40.5 Å². The van der Waals surface area contributed by atoms with Gasteiger partial charge in [-0.15, -0.1) is 23.1 Å². The van der Waals surface area contributed by atoms with Crippen LogP contribution in [-0.2, 0) is 97.4 Å². The van der Waals surface area contributed by atoms with E-state index in [1.165, 1.54) is 147 Å². The quantitative estimate of drug-likeness (QED) is 0.0622. The van der Waals surface area contributed by atoms with Crippen molar-refractivity contribution in [3.63, 3.8) is 0 Å². The van der Waals surface area contributed by atoms with Gasteiger partial charge in [-0.25, -0.2) is 0 Å². The molecule has 57 nitrogen and oxygen atoms in total. The molecule has 0 aliphatic heterocycles. The van der Waals surface area contributed by atoms with Gasteiger partial charge in [-0.3, -0.25) is 59.8 Å². The molecular weight excluding hydrogens is 2100 g/mol. The molecule has 5 radical (unpaired) electrons. The van der Waals surface area contributed by atoms with Crippen molar-refractivity contribution in [1.29, 1.82) is 0 Å². The van der Waals surface area contributed by atoms with E-state index in [1.807, 2.05) is 0 Å². The van der Waals surface area contributed by atoms with Crippen molar-refractivity contribution in [3.8, 4) is 0 Å². The Morgan fingerprint density at radius 3 is 0.348 bits per heavy atom. The minimum absolute atomic E-state index is 0. The Hall–Kier alpha value is -12.1. The first-order valence-electron chi connectivity index (χ1n) is 29.5. The molecule has 12 heterocycles. The van der Waals surface area contributed by atoms with E-state index in [0.717, 1.165) is 6.92 Å². The third kappa shape index (κ3) is 73.6. The Labute approximate surface area is 817 Å². The third-order valence-corrected chi connectivity index (χ3v) is 11.5. The minimum atomic E-state index is -2.64. The number of hydrogen-bond acceptors (Lipinski definition) is 36. The van der Waals surface area contributed by atoms with Gasteiger partial charge in [-0.2, -0.15) is 0 Å². The zero-order valence-corrected chi connectivity index (χ0v) is 73.8. The summed E-state index contributed by atoms with van der Waals surface area (Å²) in [5.74, 6) is -16.6. The summed E-state index contributed by atoms with van der Waals surface area (Å²) in [5.41, 5.74) is -0.649. The largest absolute Gasteiger partial charge is 3.00 e. The summed E-state index contributed by atoms with van der Waals surface area (Å²) in [6.45, 7) is 0.972. The Balaban J connectivity index is -0.0000000472. The molecular formula is C70H89Cr4DyN14O43. The van der Waals surface area contributed by atoms with Gasteiger partial charge < -0.3 is 225 Å². The Bertz CT molecular complexity index is 3830. The predicted molar refractivity (Wildman–Crippen MR) is 411 cm³/mol. The van der Waals surface area contributed by atoms with Crippen molar-refractivity contribution in [2.75, 3.05) is 0 Å². The van der Waals surface area contributed by atoms with Crippen LogP contribution in [0.5, 0.6) is 0 Å². The van der Waals surface area contributed by atoms with Gasteiger partial charge in [0.25, 0.3) is 0 Å². The number of aromatic nitrogens is 12. The molecule has 12 aromatic heterocycles. The molecule has 12 rings (SSSR count). The zero-order chi connectivity index (χ0) is 80.4. The van der Waals surface area contributed by atoms with Crippen molar-refractivity contribution < 1.29 is 312 Å². The van der Waals surface area contributed by atoms with Crippen molar-refractivity contribution in [3.05, 3.63) is 392 Å². The molecule has 0 spiro atoms. The maximum absolute atomic E-state index is 11.8. The number of pyridine rings is 12. The summed E-state index contributed by atoms with van der Waals surface area (Å²) in [6, 6.07) is 55.9. The molecule has 0 saturated heterocycles. The molecule has 0 fully saturated rings. The molecule has 12 aromatic rings. The van der Waals surface area contributed by atoms with Gasteiger partial charge in [-0.05, 0) is 153 Å². The van der Waals surface area contributed by atoms with Crippen molar-refractivity contribution in [2.45, 2.75) is 30.1 Å². The second kappa shape index (κ2) is 99.4. The molecule has 132 heavy (non-hydrogen) atoms. The first-order valence-corrected chi connectivity index (χ1v) is 29.5. The molecule has 0 aromatic carbocycles. The first-order chi connectivity index (χ1) is 51.3. The second-order valence-corrected chi connectivity index (χ2v) is 19.1. The predicted octanol–water partition coefficient (Wildman–Crippen LogP) is -22.0. The summed E-state index contributed by atoms with van der Waals surface area (Å²) in [7, 11) is 0. The maximum Gasteiger partial charge on any atom is 3.00 e. The Morgan fingerprint density at radius 2 is 0.295 bits per heavy atom. The Kier molecular flexibility index (Phi) is 136. The normalized spacial score (nSPS) is 8.13. The molecule has 0 aliphatic carbocycles. The van der Waals surface area contributed by atoms with Crippen molar-refractivity contribution in [1.82, 2.24) is 59.8 Å².